The second kappa shape index (κ2) is 12.3. The van der Waals surface area contributed by atoms with Gasteiger partial charge in [-0.1, -0.05) is 23.9 Å². The van der Waals surface area contributed by atoms with Gasteiger partial charge in [-0.05, 0) is 24.3 Å². The van der Waals surface area contributed by atoms with Crippen molar-refractivity contribution < 1.29 is 14.3 Å². The minimum absolute atomic E-state index is 0.155. The van der Waals surface area contributed by atoms with Gasteiger partial charge in [-0.25, -0.2) is 4.98 Å². The summed E-state index contributed by atoms with van der Waals surface area (Å²) < 4.78 is 13.0. The van der Waals surface area contributed by atoms with E-state index in [0.29, 0.717) is 34.7 Å². The molecule has 10 nitrogen and oxygen atoms in total. The third kappa shape index (κ3) is 6.16. The zero-order valence-electron chi connectivity index (χ0n) is 20.4. The Balaban J connectivity index is 1.28. The molecule has 0 atom stereocenters. The molecule has 3 aromatic heterocycles. The second-order valence-electron chi connectivity index (χ2n) is 8.17. The van der Waals surface area contributed by atoms with Crippen molar-refractivity contribution in [3.63, 3.8) is 0 Å². The fourth-order valence-corrected chi connectivity index (χ4v) is 5.67. The van der Waals surface area contributed by atoms with Gasteiger partial charge < -0.3 is 14.8 Å². The molecule has 0 spiro atoms. The standard InChI is InChI=1S/C25H27N7O3S2/c1-34-21-5-3-2-4-20(21)32-23(18-6-8-26-9-7-18)29-30-25(32)37-17-22-28-19(16-36-22)24(33)27-10-11-31-12-14-35-15-13-31/h2-9,16H,10-15,17H2,1H3,(H,27,33). The van der Waals surface area contributed by atoms with Gasteiger partial charge in [-0.15, -0.1) is 21.5 Å². The quantitative estimate of drug-likeness (QED) is 0.305. The van der Waals surface area contributed by atoms with E-state index in [0.717, 1.165) is 49.1 Å². The first-order valence-corrected chi connectivity index (χ1v) is 13.7. The van der Waals surface area contributed by atoms with Crippen LogP contribution in [-0.2, 0) is 10.5 Å². The number of nitrogens with zero attached hydrogens (tertiary/aromatic N) is 6. The van der Waals surface area contributed by atoms with Crippen molar-refractivity contribution in [2.24, 2.45) is 0 Å². The summed E-state index contributed by atoms with van der Waals surface area (Å²) in [6.45, 7) is 4.68. The molecule has 5 rings (SSSR count). The molecule has 4 heterocycles. The van der Waals surface area contributed by atoms with Crippen molar-refractivity contribution in [1.29, 1.82) is 0 Å². The maximum atomic E-state index is 12.6. The number of thioether (sulfide) groups is 1. The summed E-state index contributed by atoms with van der Waals surface area (Å²) in [4.78, 5) is 23.5. The number of para-hydroxylation sites is 2. The number of benzene rings is 1. The monoisotopic (exact) mass is 537 g/mol. The number of ether oxygens (including phenoxy) is 2. The molecular weight excluding hydrogens is 510 g/mol. The van der Waals surface area contributed by atoms with E-state index in [4.69, 9.17) is 9.47 Å². The normalized spacial score (nSPS) is 14.0. The lowest BCUT2D eigenvalue weighted by Gasteiger charge is -2.26. The van der Waals surface area contributed by atoms with Gasteiger partial charge in [0.15, 0.2) is 11.0 Å². The van der Waals surface area contributed by atoms with E-state index < -0.39 is 0 Å². The summed E-state index contributed by atoms with van der Waals surface area (Å²) in [6.07, 6.45) is 3.46. The van der Waals surface area contributed by atoms with Crippen molar-refractivity contribution in [2.75, 3.05) is 46.5 Å². The third-order valence-corrected chi connectivity index (χ3v) is 7.80. The Morgan fingerprint density at radius 2 is 1.97 bits per heavy atom. The van der Waals surface area contributed by atoms with Crippen LogP contribution in [0.1, 0.15) is 15.5 Å². The van der Waals surface area contributed by atoms with Gasteiger partial charge in [-0.2, -0.15) is 0 Å². The van der Waals surface area contributed by atoms with Crippen LogP contribution < -0.4 is 10.1 Å². The molecule has 1 fully saturated rings. The van der Waals surface area contributed by atoms with E-state index in [9.17, 15) is 4.79 Å². The maximum Gasteiger partial charge on any atom is 0.270 e. The van der Waals surface area contributed by atoms with Gasteiger partial charge in [-0.3, -0.25) is 19.2 Å². The molecule has 0 radical (unpaired) electrons. The molecule has 0 bridgehead atoms. The number of carbonyl (C=O) groups is 1. The molecule has 1 aromatic carbocycles. The van der Waals surface area contributed by atoms with Crippen LogP contribution >= 0.6 is 23.1 Å². The lowest BCUT2D eigenvalue weighted by Crippen LogP contribution is -2.41. The van der Waals surface area contributed by atoms with E-state index in [-0.39, 0.29) is 5.91 Å². The van der Waals surface area contributed by atoms with E-state index in [1.54, 1.807) is 24.9 Å². The summed E-state index contributed by atoms with van der Waals surface area (Å²) >= 11 is 2.97. The Hall–Kier alpha value is -3.32. The van der Waals surface area contributed by atoms with Gasteiger partial charge >= 0.3 is 0 Å². The van der Waals surface area contributed by atoms with E-state index in [2.05, 4.69) is 30.4 Å². The largest absolute Gasteiger partial charge is 0.495 e. The number of nitrogens with one attached hydrogen (secondary N) is 1. The molecule has 4 aromatic rings. The summed E-state index contributed by atoms with van der Waals surface area (Å²) in [6, 6.07) is 11.6. The van der Waals surface area contributed by atoms with Crippen molar-refractivity contribution >= 4 is 29.0 Å². The molecular formula is C25H27N7O3S2. The average molecular weight is 538 g/mol. The number of carbonyl (C=O) groups excluding carboxylic acids is 1. The topological polar surface area (TPSA) is 107 Å². The SMILES string of the molecule is COc1ccccc1-n1c(SCc2nc(C(=O)NCCN3CCOCC3)cs2)nnc1-c1ccncc1. The molecule has 1 N–H and O–H groups in total. The van der Waals surface area contributed by atoms with Crippen LogP contribution in [0.3, 0.4) is 0 Å². The number of morpholine rings is 1. The Labute approximate surface area is 223 Å². The molecule has 0 aliphatic carbocycles. The zero-order valence-corrected chi connectivity index (χ0v) is 22.0. The number of pyridine rings is 1. The first-order chi connectivity index (χ1) is 18.2. The van der Waals surface area contributed by atoms with Crippen LogP contribution in [0, 0.1) is 0 Å². The van der Waals surface area contributed by atoms with Crippen molar-refractivity contribution in [3.8, 4) is 22.8 Å². The van der Waals surface area contributed by atoms with Gasteiger partial charge in [0, 0.05) is 49.5 Å². The lowest BCUT2D eigenvalue weighted by molar-refractivity contribution is 0.0383. The van der Waals surface area contributed by atoms with Crippen LogP contribution in [-0.4, -0.2) is 82.0 Å². The molecule has 0 unspecified atom stereocenters. The molecule has 1 aliphatic rings. The minimum Gasteiger partial charge on any atom is -0.495 e. The smallest absolute Gasteiger partial charge is 0.270 e. The number of amides is 1. The third-order valence-electron chi connectivity index (χ3n) is 5.82. The van der Waals surface area contributed by atoms with Crippen LogP contribution in [0.2, 0.25) is 0 Å². The molecule has 192 valence electrons. The van der Waals surface area contributed by atoms with E-state index >= 15 is 0 Å². The van der Waals surface area contributed by atoms with Crippen LogP contribution in [0.25, 0.3) is 17.1 Å². The molecule has 1 saturated heterocycles. The molecule has 12 heteroatoms. The van der Waals surface area contributed by atoms with Gasteiger partial charge in [0.2, 0.25) is 0 Å². The first kappa shape index (κ1) is 25.3. The fourth-order valence-electron chi connectivity index (χ4n) is 3.93. The Morgan fingerprint density at radius 1 is 1.16 bits per heavy atom. The van der Waals surface area contributed by atoms with Crippen LogP contribution in [0.4, 0.5) is 0 Å². The maximum absolute atomic E-state index is 12.6. The molecule has 1 aliphatic heterocycles. The minimum atomic E-state index is -0.155. The van der Waals surface area contributed by atoms with E-state index in [1.807, 2.05) is 41.0 Å². The Morgan fingerprint density at radius 3 is 2.78 bits per heavy atom. The fraction of sp³-hybridized carbons (Fsp3) is 0.320. The number of methoxy groups -OCH3 is 1. The van der Waals surface area contributed by atoms with Crippen LogP contribution in [0.15, 0.2) is 59.3 Å². The predicted octanol–water partition coefficient (Wildman–Crippen LogP) is 3.15. The van der Waals surface area contributed by atoms with Crippen molar-refractivity contribution in [1.82, 2.24) is 34.9 Å². The Bertz CT molecular complexity index is 1320. The zero-order chi connectivity index (χ0) is 25.5. The highest BCUT2D eigenvalue weighted by atomic mass is 32.2. The second-order valence-corrected chi connectivity index (χ2v) is 10.1. The van der Waals surface area contributed by atoms with Crippen molar-refractivity contribution in [3.05, 3.63) is 64.9 Å². The number of hydrogen-bond acceptors (Lipinski definition) is 10. The summed E-state index contributed by atoms with van der Waals surface area (Å²) in [7, 11) is 1.64. The van der Waals surface area contributed by atoms with Gasteiger partial charge in [0.1, 0.15) is 16.5 Å². The molecule has 1 amide bonds. The number of aromatic nitrogens is 5. The number of thiazole rings is 1. The molecule has 37 heavy (non-hydrogen) atoms. The van der Waals surface area contributed by atoms with Crippen molar-refractivity contribution in [2.45, 2.75) is 10.9 Å². The average Bonchev–Trinajstić information content (AvgIpc) is 3.60. The number of rotatable bonds is 10. The highest BCUT2D eigenvalue weighted by molar-refractivity contribution is 7.98. The lowest BCUT2D eigenvalue weighted by atomic mass is 10.2. The highest BCUT2D eigenvalue weighted by Gasteiger charge is 2.20. The number of hydrogen-bond donors (Lipinski definition) is 1. The van der Waals surface area contributed by atoms with E-state index in [1.165, 1.54) is 23.1 Å². The predicted molar refractivity (Wildman–Crippen MR) is 142 cm³/mol. The van der Waals surface area contributed by atoms with Crippen LogP contribution in [0.5, 0.6) is 5.75 Å². The first-order valence-electron chi connectivity index (χ1n) is 11.9. The summed E-state index contributed by atoms with van der Waals surface area (Å²) in [5, 5.41) is 15.2. The summed E-state index contributed by atoms with van der Waals surface area (Å²) in [5.74, 6) is 1.80. The summed E-state index contributed by atoms with van der Waals surface area (Å²) in [5.41, 5.74) is 2.17. The highest BCUT2D eigenvalue weighted by Crippen LogP contribution is 2.33. The Kier molecular flexibility index (Phi) is 8.41. The van der Waals surface area contributed by atoms with Gasteiger partial charge in [0.25, 0.3) is 5.91 Å². The van der Waals surface area contributed by atoms with Gasteiger partial charge in [0.05, 0.1) is 31.8 Å². The molecule has 0 saturated carbocycles.